The Morgan fingerprint density at radius 3 is 1.59 bits per heavy atom. The molecule has 88 heavy (non-hydrogen) atoms. The fourth-order valence-electron chi connectivity index (χ4n) is 10.8. The summed E-state index contributed by atoms with van der Waals surface area (Å²) in [5.41, 5.74) is 6.97. The SMILES string of the molecule is O=C(C[n+]1ccc(SCC2=C(C(=O)OC(c3ccccc3)c3ccccc3)N3C(=O)C(NC(=O)C(=NOCc4ccccc4)c4csc(NC(c5ccccc5)(c5ccccc5)c5ccccc5)n4)[C@H]3SC2)cc1)OC(c1ccccc1)c1ccccc1. The number of benzene rings is 8. The summed E-state index contributed by atoms with van der Waals surface area (Å²) in [7, 11) is 0. The highest BCUT2D eigenvalue weighted by Crippen LogP contribution is 2.44. The molecule has 0 spiro atoms. The number of amides is 2. The minimum Gasteiger partial charge on any atom is -0.448 e. The molecule has 0 bridgehead atoms. The third-order valence-electron chi connectivity index (χ3n) is 15.1. The number of thiazole rings is 1. The molecule has 10 aromatic rings. The molecule has 4 heterocycles. The van der Waals surface area contributed by atoms with Crippen LogP contribution in [-0.2, 0) is 52.2 Å². The molecule has 12 rings (SSSR count). The Balaban J connectivity index is 0.808. The number of carbonyl (C=O) groups is 4. The number of fused-ring (bicyclic) bond motifs is 1. The second kappa shape index (κ2) is 27.7. The zero-order valence-electron chi connectivity index (χ0n) is 47.5. The minimum absolute atomic E-state index is 0.0198. The molecule has 2 N–H and O–H groups in total. The van der Waals surface area contributed by atoms with Gasteiger partial charge in [-0.2, -0.15) is 4.57 Å². The molecule has 1 fully saturated rings. The van der Waals surface area contributed by atoms with Gasteiger partial charge in [0.05, 0.1) is 0 Å². The third-order valence-corrected chi connectivity index (χ3v) is 18.3. The summed E-state index contributed by atoms with van der Waals surface area (Å²) in [5.74, 6) is -1.59. The van der Waals surface area contributed by atoms with Crippen LogP contribution in [0.25, 0.3) is 0 Å². The molecule has 2 aliphatic rings. The number of ether oxygens (including phenoxy) is 2. The maximum Gasteiger partial charge on any atom is 0.373 e. The Morgan fingerprint density at radius 2 is 1.09 bits per heavy atom. The molecule has 436 valence electrons. The predicted molar refractivity (Wildman–Crippen MR) is 344 cm³/mol. The Kier molecular flexibility index (Phi) is 18.4. The number of β-lactam (4-membered cyclic amide) rings is 1. The number of pyridine rings is 1. The first-order valence-electron chi connectivity index (χ1n) is 28.6. The van der Waals surface area contributed by atoms with Gasteiger partial charge in [-0.1, -0.05) is 248 Å². The van der Waals surface area contributed by atoms with Crippen LogP contribution in [0.1, 0.15) is 62.4 Å². The topological polar surface area (TPSA) is 152 Å². The highest BCUT2D eigenvalue weighted by molar-refractivity contribution is 8.01. The fraction of sp³-hybridized carbons (Fsp3) is 0.125. The lowest BCUT2D eigenvalue weighted by molar-refractivity contribution is -0.686. The van der Waals surface area contributed by atoms with Gasteiger partial charge in [0.25, 0.3) is 11.8 Å². The van der Waals surface area contributed by atoms with Crippen molar-refractivity contribution in [2.24, 2.45) is 5.16 Å². The number of hydrogen-bond acceptors (Lipinski definition) is 13. The van der Waals surface area contributed by atoms with Gasteiger partial charge in [-0.3, -0.25) is 14.5 Å². The van der Waals surface area contributed by atoms with E-state index in [1.54, 1.807) is 9.95 Å². The summed E-state index contributed by atoms with van der Waals surface area (Å²) >= 11 is 4.23. The number of anilines is 1. The zero-order valence-corrected chi connectivity index (χ0v) is 49.9. The molecular formula is C72H59N6O7S3+. The molecule has 2 aromatic heterocycles. The molecule has 8 aromatic carbocycles. The number of rotatable bonds is 23. The van der Waals surface area contributed by atoms with Crippen LogP contribution in [0.4, 0.5) is 5.13 Å². The fourth-order valence-corrected chi connectivity index (χ4v) is 13.9. The van der Waals surface area contributed by atoms with Crippen molar-refractivity contribution in [1.29, 1.82) is 0 Å². The van der Waals surface area contributed by atoms with Crippen LogP contribution in [0.2, 0.25) is 0 Å². The minimum atomic E-state index is -1.06. The second-order valence-corrected chi connectivity index (χ2v) is 23.8. The van der Waals surface area contributed by atoms with Gasteiger partial charge < -0.3 is 24.9 Å². The van der Waals surface area contributed by atoms with Gasteiger partial charge in [0.2, 0.25) is 6.54 Å². The number of nitrogens with one attached hydrogen (secondary N) is 2. The van der Waals surface area contributed by atoms with Crippen molar-refractivity contribution in [3.63, 3.8) is 0 Å². The maximum atomic E-state index is 15.1. The van der Waals surface area contributed by atoms with Gasteiger partial charge in [0, 0.05) is 33.9 Å². The normalized spacial score (nSPS) is 14.8. The van der Waals surface area contributed by atoms with Crippen molar-refractivity contribution in [2.75, 3.05) is 16.8 Å². The second-order valence-electron chi connectivity index (χ2n) is 20.8. The third kappa shape index (κ3) is 13.2. The van der Waals surface area contributed by atoms with Crippen molar-refractivity contribution in [2.45, 2.75) is 47.2 Å². The standard InChI is InChI=1S/C72H58N6O7S3/c79-61(84-65(51-27-11-2-12-28-51)52-29-13-3-14-30-52)45-77-43-41-59(42-44-77)86-47-55-48-87-69-63(68(81)78(69)64(55)70(82)85-66(53-31-15-4-16-32-53)54-33-17-5-18-34-54)74-67(80)62(76-83-46-50-25-9-1-10-26-50)60-49-88-71(73-60)75-72(56-35-19-6-20-36-56,57-37-21-7-22-38-57)58-39-23-8-24-40-58/h1-44,49,63,65-66,69H,45-48H2,(H-,73,74,75,80)/p+1/t63?,69-/m1/s1. The van der Waals surface area contributed by atoms with E-state index in [2.05, 4.69) is 52.2 Å². The highest BCUT2D eigenvalue weighted by Gasteiger charge is 2.55. The van der Waals surface area contributed by atoms with Crippen molar-refractivity contribution in [3.8, 4) is 0 Å². The van der Waals surface area contributed by atoms with E-state index in [1.807, 2.05) is 231 Å². The van der Waals surface area contributed by atoms with Crippen LogP contribution in [0.3, 0.4) is 0 Å². The highest BCUT2D eigenvalue weighted by atomic mass is 32.2. The van der Waals surface area contributed by atoms with Crippen molar-refractivity contribution < 1.29 is 38.1 Å². The molecule has 16 heteroatoms. The number of aromatic nitrogens is 2. The van der Waals surface area contributed by atoms with E-state index in [9.17, 15) is 14.4 Å². The summed E-state index contributed by atoms with van der Waals surface area (Å²) in [6, 6.07) is 80.9. The van der Waals surface area contributed by atoms with E-state index in [1.165, 1.54) is 39.8 Å². The first kappa shape index (κ1) is 58.5. The maximum absolute atomic E-state index is 15.1. The van der Waals surface area contributed by atoms with Crippen LogP contribution in [0.5, 0.6) is 0 Å². The number of esters is 2. The number of carbonyl (C=O) groups excluding carboxylic acids is 4. The van der Waals surface area contributed by atoms with Crippen LogP contribution in [0, 0.1) is 0 Å². The van der Waals surface area contributed by atoms with Gasteiger partial charge in [-0.25, -0.2) is 14.6 Å². The molecule has 0 radical (unpaired) electrons. The molecule has 1 unspecified atom stereocenters. The van der Waals surface area contributed by atoms with E-state index in [0.29, 0.717) is 22.2 Å². The van der Waals surface area contributed by atoms with E-state index in [0.717, 1.165) is 49.4 Å². The van der Waals surface area contributed by atoms with Crippen LogP contribution >= 0.6 is 34.9 Å². The Bertz CT molecular complexity index is 3880. The quantitative estimate of drug-likeness (QED) is 0.0120. The van der Waals surface area contributed by atoms with Gasteiger partial charge in [0.1, 0.15) is 35.0 Å². The number of hydrogen-bond donors (Lipinski definition) is 2. The zero-order chi connectivity index (χ0) is 60.1. The lowest BCUT2D eigenvalue weighted by Crippen LogP contribution is -2.71. The van der Waals surface area contributed by atoms with E-state index >= 15 is 4.79 Å². The lowest BCUT2D eigenvalue weighted by Gasteiger charge is -2.49. The van der Waals surface area contributed by atoms with Crippen molar-refractivity contribution in [3.05, 3.63) is 334 Å². The van der Waals surface area contributed by atoms with Gasteiger partial charge >= 0.3 is 11.9 Å². The van der Waals surface area contributed by atoms with Gasteiger partial charge in [-0.05, 0) is 50.1 Å². The lowest BCUT2D eigenvalue weighted by atomic mass is 9.77. The predicted octanol–water partition coefficient (Wildman–Crippen LogP) is 12.9. The largest absolute Gasteiger partial charge is 0.448 e. The smallest absolute Gasteiger partial charge is 0.373 e. The summed E-state index contributed by atoms with van der Waals surface area (Å²) in [5, 5.41) is 12.8. The molecule has 13 nitrogen and oxygen atoms in total. The van der Waals surface area contributed by atoms with Crippen LogP contribution < -0.4 is 15.2 Å². The average molecular weight is 1220 g/mol. The molecule has 2 atom stereocenters. The molecule has 0 saturated carbocycles. The van der Waals surface area contributed by atoms with E-state index in [4.69, 9.17) is 19.3 Å². The summed E-state index contributed by atoms with van der Waals surface area (Å²) in [6.45, 7) is 0.0427. The van der Waals surface area contributed by atoms with Gasteiger partial charge in [0.15, 0.2) is 35.4 Å². The first-order valence-corrected chi connectivity index (χ1v) is 31.5. The summed E-state index contributed by atoms with van der Waals surface area (Å²) in [4.78, 5) is 71.6. The summed E-state index contributed by atoms with van der Waals surface area (Å²) in [6.07, 6.45) is 2.26. The summed E-state index contributed by atoms with van der Waals surface area (Å²) < 4.78 is 14.4. The van der Waals surface area contributed by atoms with Crippen LogP contribution in [0.15, 0.2) is 294 Å². The van der Waals surface area contributed by atoms with E-state index in [-0.39, 0.29) is 30.3 Å². The van der Waals surface area contributed by atoms with E-state index < -0.39 is 52.9 Å². The first-order chi connectivity index (χ1) is 43.3. The molecule has 0 aliphatic carbocycles. The number of nitrogens with zero attached hydrogens (tertiary/aromatic N) is 4. The van der Waals surface area contributed by atoms with Crippen LogP contribution in [-0.4, -0.2) is 62.3 Å². The Morgan fingerprint density at radius 1 is 0.625 bits per heavy atom. The number of thioether (sulfide) groups is 2. The Hall–Kier alpha value is -9.87. The Labute approximate surface area is 522 Å². The number of oxime groups is 1. The average Bonchev–Trinajstić information content (AvgIpc) is 1.00. The van der Waals surface area contributed by atoms with Gasteiger partial charge in [-0.15, -0.1) is 34.9 Å². The van der Waals surface area contributed by atoms with Crippen molar-refractivity contribution in [1.82, 2.24) is 15.2 Å². The monoisotopic (exact) mass is 1220 g/mol. The molecule has 2 aliphatic heterocycles. The molecular weight excluding hydrogens is 1160 g/mol. The van der Waals surface area contributed by atoms with Crippen molar-refractivity contribution >= 4 is 69.5 Å². The molecule has 2 amide bonds. The molecule has 1 saturated heterocycles.